The molecule has 0 saturated heterocycles. The molecule has 0 amide bonds. The number of carboxylic acids is 1. The second-order valence-electron chi connectivity index (χ2n) is 7.20. The van der Waals surface area contributed by atoms with Gasteiger partial charge in [-0.2, -0.15) is 0 Å². The molecule has 0 radical (unpaired) electrons. The summed E-state index contributed by atoms with van der Waals surface area (Å²) in [6.45, 7) is -0.0283. The van der Waals surface area contributed by atoms with Gasteiger partial charge in [-0.05, 0) is 48.4 Å². The SMILES string of the molecule is [2H]c1c([2H])c(C(=O)O)c([2H])c([2H])c1Nc1ncc2c(n1)-c1ccc(Cl)cc1C(c1c(F)cccc1F)=NC2. The highest BCUT2D eigenvalue weighted by molar-refractivity contribution is 6.31. The molecule has 0 fully saturated rings. The van der Waals surface area contributed by atoms with Gasteiger partial charge < -0.3 is 10.4 Å². The topological polar surface area (TPSA) is 87.5 Å². The number of carboxylic acid groups (broad SMARTS) is 1. The fourth-order valence-electron chi connectivity index (χ4n) is 3.52. The van der Waals surface area contributed by atoms with Crippen LogP contribution in [-0.4, -0.2) is 26.8 Å². The van der Waals surface area contributed by atoms with Crippen molar-refractivity contribution in [1.29, 1.82) is 0 Å². The minimum Gasteiger partial charge on any atom is -0.478 e. The van der Waals surface area contributed by atoms with Crippen LogP contribution in [0.5, 0.6) is 0 Å². The lowest BCUT2D eigenvalue weighted by Crippen LogP contribution is -2.10. The third kappa shape index (κ3) is 3.99. The van der Waals surface area contributed by atoms with Gasteiger partial charge in [-0.25, -0.2) is 23.5 Å². The van der Waals surface area contributed by atoms with Crippen LogP contribution in [0.2, 0.25) is 5.02 Å². The van der Waals surface area contributed by atoms with Crippen LogP contribution in [-0.2, 0) is 6.54 Å². The number of fused-ring (bicyclic) bond motifs is 3. The van der Waals surface area contributed by atoms with Crippen molar-refractivity contribution in [3.8, 4) is 11.3 Å². The van der Waals surface area contributed by atoms with Gasteiger partial charge in [0.05, 0.1) is 34.6 Å². The molecular weight excluding hydrogens is 462 g/mol. The average Bonchev–Trinajstić information content (AvgIpc) is 3.02. The summed E-state index contributed by atoms with van der Waals surface area (Å²) in [5, 5.41) is 12.2. The maximum absolute atomic E-state index is 14.7. The summed E-state index contributed by atoms with van der Waals surface area (Å²) in [6.07, 6.45) is 1.41. The molecule has 2 heterocycles. The van der Waals surface area contributed by atoms with Gasteiger partial charge >= 0.3 is 5.97 Å². The summed E-state index contributed by atoms with van der Waals surface area (Å²) in [4.78, 5) is 24.5. The molecule has 1 aliphatic heterocycles. The van der Waals surface area contributed by atoms with Gasteiger partial charge in [0.25, 0.3) is 0 Å². The van der Waals surface area contributed by atoms with Crippen molar-refractivity contribution < 1.29 is 24.2 Å². The number of aliphatic imine (C=N–C) groups is 1. The second-order valence-corrected chi connectivity index (χ2v) is 7.64. The van der Waals surface area contributed by atoms with Crippen molar-refractivity contribution in [2.75, 3.05) is 5.32 Å². The summed E-state index contributed by atoms with van der Waals surface area (Å²) in [5.41, 5.74) is 0.236. The molecule has 0 spiro atoms. The van der Waals surface area contributed by atoms with Crippen molar-refractivity contribution in [2.45, 2.75) is 6.54 Å². The summed E-state index contributed by atoms with van der Waals surface area (Å²) in [6, 6.07) is 5.50. The molecule has 168 valence electrons. The van der Waals surface area contributed by atoms with E-state index in [1.165, 1.54) is 18.3 Å². The summed E-state index contributed by atoms with van der Waals surface area (Å²) in [7, 11) is 0. The van der Waals surface area contributed by atoms with Crippen LogP contribution in [0.4, 0.5) is 20.4 Å². The molecule has 6 nitrogen and oxygen atoms in total. The van der Waals surface area contributed by atoms with Crippen LogP contribution in [0, 0.1) is 11.6 Å². The van der Waals surface area contributed by atoms with Crippen LogP contribution in [0.3, 0.4) is 0 Å². The van der Waals surface area contributed by atoms with E-state index in [9.17, 15) is 18.7 Å². The standard InChI is InChI=1S/C25H15ClF2N4O2/c26-15-6-9-17-18(10-15)23(21-19(27)2-1-3-20(21)28)29-11-14-12-30-25(32-22(14)17)31-16-7-4-13(5-8-16)24(33)34/h1-10,12H,11H2,(H,33,34)(H,30,31,32)/i4D,5D,7D,8D. The van der Waals surface area contributed by atoms with Gasteiger partial charge in [0.15, 0.2) is 0 Å². The molecule has 0 unspecified atom stereocenters. The van der Waals surface area contributed by atoms with Gasteiger partial charge in [0, 0.05) is 33.6 Å². The highest BCUT2D eigenvalue weighted by atomic mass is 35.5. The quantitative estimate of drug-likeness (QED) is 0.381. The van der Waals surface area contributed by atoms with E-state index >= 15 is 0 Å². The van der Waals surface area contributed by atoms with E-state index in [1.807, 2.05) is 0 Å². The molecule has 0 aliphatic carbocycles. The number of rotatable bonds is 4. The minimum absolute atomic E-state index is 0.0283. The Bertz CT molecular complexity index is 1650. The first kappa shape index (κ1) is 17.3. The lowest BCUT2D eigenvalue weighted by Gasteiger charge is -2.13. The Morgan fingerprint density at radius 3 is 2.53 bits per heavy atom. The van der Waals surface area contributed by atoms with E-state index in [0.29, 0.717) is 27.4 Å². The number of nitrogens with one attached hydrogen (secondary N) is 1. The molecule has 1 aromatic heterocycles. The molecule has 4 aromatic rings. The predicted octanol–water partition coefficient (Wildman–Crippen LogP) is 5.87. The van der Waals surface area contributed by atoms with Crippen LogP contribution in [0.15, 0.2) is 71.8 Å². The number of hydrogen-bond donors (Lipinski definition) is 2. The highest BCUT2D eigenvalue weighted by Gasteiger charge is 2.25. The zero-order valence-electron chi connectivity index (χ0n) is 21.1. The number of nitrogens with zero attached hydrogens (tertiary/aromatic N) is 3. The van der Waals surface area contributed by atoms with E-state index < -0.39 is 47.3 Å². The second kappa shape index (κ2) is 8.64. The molecule has 2 N–H and O–H groups in total. The average molecular weight is 481 g/mol. The maximum atomic E-state index is 14.7. The van der Waals surface area contributed by atoms with E-state index in [0.717, 1.165) is 12.1 Å². The molecule has 1 aliphatic rings. The minimum atomic E-state index is -1.59. The predicted molar refractivity (Wildman–Crippen MR) is 125 cm³/mol. The highest BCUT2D eigenvalue weighted by Crippen LogP contribution is 2.34. The van der Waals surface area contributed by atoms with Gasteiger partial charge in [-0.3, -0.25) is 4.99 Å². The number of hydrogen-bond acceptors (Lipinski definition) is 5. The number of aromatic carboxylic acids is 1. The monoisotopic (exact) mass is 480 g/mol. The largest absolute Gasteiger partial charge is 0.478 e. The lowest BCUT2D eigenvalue weighted by molar-refractivity contribution is 0.0697. The first-order chi connectivity index (χ1) is 18.1. The van der Waals surface area contributed by atoms with Gasteiger partial charge in [-0.1, -0.05) is 23.7 Å². The first-order valence-corrected chi connectivity index (χ1v) is 10.2. The number of benzene rings is 3. The molecule has 0 saturated carbocycles. The number of halogens is 3. The van der Waals surface area contributed by atoms with E-state index in [2.05, 4.69) is 20.3 Å². The van der Waals surface area contributed by atoms with Gasteiger partial charge in [-0.15, -0.1) is 0 Å². The Morgan fingerprint density at radius 1 is 1.09 bits per heavy atom. The Balaban J connectivity index is 1.65. The Kier molecular flexibility index (Phi) is 4.40. The normalized spacial score (nSPS) is 13.9. The summed E-state index contributed by atoms with van der Waals surface area (Å²) in [5.74, 6) is -3.31. The molecule has 9 heteroatoms. The van der Waals surface area contributed by atoms with Crippen molar-refractivity contribution in [3.63, 3.8) is 0 Å². The molecule has 0 bridgehead atoms. The molecule has 3 aromatic carbocycles. The summed E-state index contributed by atoms with van der Waals surface area (Å²) >= 11 is 6.22. The number of anilines is 2. The van der Waals surface area contributed by atoms with Crippen molar-refractivity contribution in [2.24, 2.45) is 4.99 Å². The molecule has 0 atom stereocenters. The smallest absolute Gasteiger partial charge is 0.335 e. The van der Waals surface area contributed by atoms with E-state index in [1.54, 1.807) is 12.1 Å². The number of carbonyl (C=O) groups is 1. The van der Waals surface area contributed by atoms with Crippen LogP contribution in [0.1, 0.15) is 32.5 Å². The van der Waals surface area contributed by atoms with Gasteiger partial charge in [0.1, 0.15) is 11.6 Å². The first-order valence-electron chi connectivity index (χ1n) is 11.8. The van der Waals surface area contributed by atoms with Crippen LogP contribution in [0.25, 0.3) is 11.3 Å². The fourth-order valence-corrected chi connectivity index (χ4v) is 3.69. The molecular formula is C25H15ClF2N4O2. The Labute approximate surface area is 203 Å². The fraction of sp³-hybridized carbons (Fsp3) is 0.0400. The summed E-state index contributed by atoms with van der Waals surface area (Å²) < 4.78 is 61.7. The maximum Gasteiger partial charge on any atom is 0.335 e. The van der Waals surface area contributed by atoms with Crippen molar-refractivity contribution in [1.82, 2.24) is 9.97 Å². The van der Waals surface area contributed by atoms with Crippen LogP contribution < -0.4 is 5.32 Å². The Morgan fingerprint density at radius 2 is 1.82 bits per heavy atom. The Hall–Kier alpha value is -4.17. The zero-order chi connectivity index (χ0) is 27.3. The van der Waals surface area contributed by atoms with Crippen molar-refractivity contribution >= 4 is 34.9 Å². The zero-order valence-corrected chi connectivity index (χ0v) is 17.8. The van der Waals surface area contributed by atoms with E-state index in [-0.39, 0.29) is 29.5 Å². The number of aromatic nitrogens is 2. The third-order valence-corrected chi connectivity index (χ3v) is 5.27. The third-order valence-electron chi connectivity index (χ3n) is 5.04. The molecule has 5 rings (SSSR count). The van der Waals surface area contributed by atoms with E-state index in [4.69, 9.17) is 17.1 Å². The van der Waals surface area contributed by atoms with Gasteiger partial charge in [0.2, 0.25) is 5.95 Å². The van der Waals surface area contributed by atoms with Crippen molar-refractivity contribution in [3.05, 3.63) is 106 Å². The molecule has 34 heavy (non-hydrogen) atoms. The lowest BCUT2D eigenvalue weighted by atomic mass is 9.95. The van der Waals surface area contributed by atoms with Crippen LogP contribution >= 0.6 is 11.6 Å².